The SMILES string of the molecule is COc1cc(OC)c(F)c(CC2=CCc3ncc(-c4cnn(C5CCN(C6COC6)CC5)c4)cc32)c1F. The first kappa shape index (κ1) is 24.1. The lowest BCUT2D eigenvalue weighted by Crippen LogP contribution is -2.51. The standard InChI is InChI=1S/C28H30F2N4O3/c1-35-25-11-26(36-2)28(30)23(27(25)29)9-17-3-4-24-22(17)10-18(12-31-24)19-13-32-34(14-19)20-5-7-33(8-6-20)21-15-37-16-21/h3,10-14,20-21H,4-9,15-16H2,1-2H3. The van der Waals surface area contributed by atoms with E-state index in [0.29, 0.717) is 18.5 Å². The van der Waals surface area contributed by atoms with E-state index in [2.05, 4.69) is 31.9 Å². The van der Waals surface area contributed by atoms with Crippen molar-refractivity contribution in [1.29, 1.82) is 0 Å². The monoisotopic (exact) mass is 508 g/mol. The van der Waals surface area contributed by atoms with Crippen LogP contribution in [0.3, 0.4) is 0 Å². The zero-order valence-electron chi connectivity index (χ0n) is 21.0. The highest BCUT2D eigenvalue weighted by atomic mass is 19.1. The molecule has 4 heterocycles. The first-order valence-corrected chi connectivity index (χ1v) is 12.7. The maximum absolute atomic E-state index is 15.0. The number of likely N-dealkylation sites (tertiary alicyclic amines) is 1. The molecule has 3 aromatic rings. The quantitative estimate of drug-likeness (QED) is 0.470. The zero-order chi connectivity index (χ0) is 25.5. The lowest BCUT2D eigenvalue weighted by atomic mass is 9.97. The molecule has 0 N–H and O–H groups in total. The molecule has 0 radical (unpaired) electrons. The minimum Gasteiger partial charge on any atom is -0.494 e. The third kappa shape index (κ3) is 4.40. The van der Waals surface area contributed by atoms with Crippen LogP contribution >= 0.6 is 0 Å². The van der Waals surface area contributed by atoms with Crippen LogP contribution in [-0.4, -0.2) is 66.2 Å². The molecule has 0 amide bonds. The Morgan fingerprint density at radius 1 is 0.973 bits per heavy atom. The molecular weight excluding hydrogens is 478 g/mol. The number of hydrogen-bond donors (Lipinski definition) is 0. The number of halogens is 2. The van der Waals surface area contributed by atoms with Gasteiger partial charge in [0.15, 0.2) is 23.1 Å². The Balaban J connectivity index is 1.21. The summed E-state index contributed by atoms with van der Waals surface area (Å²) in [6.45, 7) is 3.82. The Labute approximate surface area is 214 Å². The number of rotatable bonds is 7. The summed E-state index contributed by atoms with van der Waals surface area (Å²) in [4.78, 5) is 7.18. The van der Waals surface area contributed by atoms with E-state index in [-0.39, 0.29) is 23.5 Å². The lowest BCUT2D eigenvalue weighted by molar-refractivity contribution is -0.0734. The fourth-order valence-electron chi connectivity index (χ4n) is 5.51. The van der Waals surface area contributed by atoms with Gasteiger partial charge in [0.2, 0.25) is 0 Å². The summed E-state index contributed by atoms with van der Waals surface area (Å²) in [7, 11) is 2.71. The number of aromatic nitrogens is 3. The van der Waals surface area contributed by atoms with Gasteiger partial charge < -0.3 is 14.2 Å². The smallest absolute Gasteiger partial charge is 0.171 e. The number of fused-ring (bicyclic) bond motifs is 1. The minimum absolute atomic E-state index is 0.0433. The third-order valence-corrected chi connectivity index (χ3v) is 7.83. The second-order valence-electron chi connectivity index (χ2n) is 9.88. The number of hydrogen-bond acceptors (Lipinski definition) is 6. The van der Waals surface area contributed by atoms with Crippen molar-refractivity contribution >= 4 is 5.57 Å². The number of benzene rings is 1. The van der Waals surface area contributed by atoms with Gasteiger partial charge in [-0.25, -0.2) is 8.78 Å². The molecule has 0 bridgehead atoms. The molecule has 7 nitrogen and oxygen atoms in total. The van der Waals surface area contributed by atoms with E-state index >= 15 is 8.78 Å². The van der Waals surface area contributed by atoms with E-state index in [9.17, 15) is 0 Å². The third-order valence-electron chi connectivity index (χ3n) is 7.83. The fourth-order valence-corrected chi connectivity index (χ4v) is 5.51. The molecule has 9 heteroatoms. The highest BCUT2D eigenvalue weighted by molar-refractivity contribution is 5.77. The molecule has 0 saturated carbocycles. The number of pyridine rings is 1. The zero-order valence-corrected chi connectivity index (χ0v) is 21.0. The lowest BCUT2D eigenvalue weighted by Gasteiger charge is -2.41. The predicted octanol–water partition coefficient (Wildman–Crippen LogP) is 4.46. The van der Waals surface area contributed by atoms with E-state index in [1.807, 2.05) is 18.5 Å². The molecule has 37 heavy (non-hydrogen) atoms. The van der Waals surface area contributed by atoms with Gasteiger partial charge >= 0.3 is 0 Å². The van der Waals surface area contributed by atoms with Crippen LogP contribution in [0.2, 0.25) is 0 Å². The van der Waals surface area contributed by atoms with Crippen LogP contribution in [0.4, 0.5) is 8.78 Å². The summed E-state index contributed by atoms with van der Waals surface area (Å²) in [5.41, 5.74) is 4.48. The van der Waals surface area contributed by atoms with Crippen LogP contribution in [0, 0.1) is 11.6 Å². The summed E-state index contributed by atoms with van der Waals surface area (Å²) < 4.78 is 47.6. The van der Waals surface area contributed by atoms with Gasteiger partial charge in [0, 0.05) is 66.6 Å². The summed E-state index contributed by atoms with van der Waals surface area (Å²) in [5.74, 6) is -1.51. The Morgan fingerprint density at radius 3 is 2.35 bits per heavy atom. The number of nitrogens with zero attached hydrogens (tertiary/aromatic N) is 4. The highest BCUT2D eigenvalue weighted by Crippen LogP contribution is 2.37. The van der Waals surface area contributed by atoms with Crippen molar-refractivity contribution in [3.05, 3.63) is 65.3 Å². The van der Waals surface area contributed by atoms with Crippen molar-refractivity contribution < 1.29 is 23.0 Å². The Morgan fingerprint density at radius 2 is 1.70 bits per heavy atom. The van der Waals surface area contributed by atoms with E-state index in [1.165, 1.54) is 20.3 Å². The largest absolute Gasteiger partial charge is 0.494 e. The maximum atomic E-state index is 15.0. The first-order valence-electron chi connectivity index (χ1n) is 12.7. The van der Waals surface area contributed by atoms with Gasteiger partial charge in [-0.05, 0) is 24.5 Å². The van der Waals surface area contributed by atoms with Gasteiger partial charge in [0.05, 0.1) is 51.4 Å². The number of allylic oxidation sites excluding steroid dienone is 2. The summed E-state index contributed by atoms with van der Waals surface area (Å²) in [6, 6.07) is 4.23. The van der Waals surface area contributed by atoms with Crippen molar-refractivity contribution in [2.24, 2.45) is 0 Å². The number of methoxy groups -OCH3 is 2. The van der Waals surface area contributed by atoms with Crippen LogP contribution in [0.15, 0.2) is 36.8 Å². The molecule has 0 spiro atoms. The first-order chi connectivity index (χ1) is 18.1. The topological polar surface area (TPSA) is 61.6 Å². The van der Waals surface area contributed by atoms with Crippen LogP contribution in [0.5, 0.6) is 11.5 Å². The van der Waals surface area contributed by atoms with Gasteiger partial charge in [-0.1, -0.05) is 6.08 Å². The average molecular weight is 509 g/mol. The normalized spacial score (nSPS) is 18.4. The van der Waals surface area contributed by atoms with Crippen molar-refractivity contribution in [2.45, 2.75) is 37.8 Å². The van der Waals surface area contributed by atoms with Gasteiger partial charge in [0.1, 0.15) is 0 Å². The minimum atomic E-state index is -0.712. The molecule has 1 aliphatic carbocycles. The molecule has 2 fully saturated rings. The van der Waals surface area contributed by atoms with Gasteiger partial charge in [-0.2, -0.15) is 5.10 Å². The van der Waals surface area contributed by atoms with Gasteiger partial charge in [-0.15, -0.1) is 0 Å². The Hall–Kier alpha value is -3.30. The van der Waals surface area contributed by atoms with E-state index < -0.39 is 11.6 Å². The molecular formula is C28H30F2N4O3. The maximum Gasteiger partial charge on any atom is 0.171 e. The van der Waals surface area contributed by atoms with Crippen LogP contribution < -0.4 is 9.47 Å². The van der Waals surface area contributed by atoms with E-state index in [4.69, 9.17) is 14.2 Å². The van der Waals surface area contributed by atoms with Crippen LogP contribution in [-0.2, 0) is 17.6 Å². The molecule has 0 atom stereocenters. The molecule has 1 aromatic carbocycles. The van der Waals surface area contributed by atoms with Crippen LogP contribution in [0.1, 0.15) is 35.7 Å². The molecule has 2 aromatic heterocycles. The molecule has 2 aliphatic heterocycles. The number of ether oxygens (including phenoxy) is 3. The molecule has 6 rings (SSSR count). The van der Waals surface area contributed by atoms with E-state index in [1.54, 1.807) is 0 Å². The summed E-state index contributed by atoms with van der Waals surface area (Å²) in [6.07, 6.45) is 10.6. The second kappa shape index (κ2) is 9.87. The van der Waals surface area contributed by atoms with Gasteiger partial charge in [-0.3, -0.25) is 14.6 Å². The number of piperidine rings is 1. The Kier molecular flexibility index (Phi) is 6.42. The van der Waals surface area contributed by atoms with Crippen molar-refractivity contribution in [3.8, 4) is 22.6 Å². The fraction of sp³-hybridized carbons (Fsp3) is 0.429. The molecule has 0 unspecified atom stereocenters. The van der Waals surface area contributed by atoms with Crippen molar-refractivity contribution in [2.75, 3.05) is 40.5 Å². The molecule has 3 aliphatic rings. The van der Waals surface area contributed by atoms with Gasteiger partial charge in [0.25, 0.3) is 0 Å². The summed E-state index contributed by atoms with van der Waals surface area (Å²) in [5, 5.41) is 4.67. The average Bonchev–Trinajstić information content (AvgIpc) is 3.53. The van der Waals surface area contributed by atoms with E-state index in [0.717, 1.165) is 67.1 Å². The second-order valence-corrected chi connectivity index (χ2v) is 9.88. The van der Waals surface area contributed by atoms with Crippen LogP contribution in [0.25, 0.3) is 16.7 Å². The van der Waals surface area contributed by atoms with Crippen molar-refractivity contribution in [1.82, 2.24) is 19.7 Å². The highest BCUT2D eigenvalue weighted by Gasteiger charge is 2.30. The molecule has 194 valence electrons. The summed E-state index contributed by atoms with van der Waals surface area (Å²) >= 11 is 0. The Bertz CT molecular complexity index is 1320. The molecule has 2 saturated heterocycles. The predicted molar refractivity (Wildman–Crippen MR) is 135 cm³/mol. The van der Waals surface area contributed by atoms with Crippen molar-refractivity contribution in [3.63, 3.8) is 0 Å².